The van der Waals surface area contributed by atoms with Gasteiger partial charge in [-0.15, -0.1) is 0 Å². The molecule has 1 amide bonds. The normalized spacial score (nSPS) is 11.9. The van der Waals surface area contributed by atoms with Crippen LogP contribution in [0.15, 0.2) is 18.2 Å². The van der Waals surface area contributed by atoms with Crippen molar-refractivity contribution in [3.05, 3.63) is 38.9 Å². The quantitative estimate of drug-likeness (QED) is 0.619. The summed E-state index contributed by atoms with van der Waals surface area (Å²) in [6, 6.07) is 3.82. The van der Waals surface area contributed by atoms with E-state index in [1.165, 1.54) is 12.1 Å². The van der Waals surface area contributed by atoms with Crippen molar-refractivity contribution < 1.29 is 14.8 Å². The smallest absolute Gasteiger partial charge is 0.288 e. The summed E-state index contributed by atoms with van der Waals surface area (Å²) in [7, 11) is 0. The van der Waals surface area contributed by atoms with Gasteiger partial charge in [0.05, 0.1) is 11.0 Å². The second-order valence-electron chi connectivity index (χ2n) is 4.08. The summed E-state index contributed by atoms with van der Waals surface area (Å²) < 4.78 is 0. The van der Waals surface area contributed by atoms with E-state index < -0.39 is 16.9 Å². The van der Waals surface area contributed by atoms with Gasteiger partial charge in [-0.05, 0) is 18.6 Å². The molecule has 7 heteroatoms. The Kier molecular flexibility index (Phi) is 5.72. The number of nitrogens with zero attached hydrogens (tertiary/aromatic N) is 1. The number of carbonyl (C=O) groups excluding carboxylic acids is 1. The molecule has 1 rings (SSSR count). The monoisotopic (exact) mass is 286 g/mol. The van der Waals surface area contributed by atoms with Crippen LogP contribution in [-0.4, -0.2) is 28.6 Å². The summed E-state index contributed by atoms with van der Waals surface area (Å²) in [6.07, 6.45) is 0.779. The molecule has 0 fully saturated rings. The molecule has 0 aromatic heterocycles. The zero-order chi connectivity index (χ0) is 14.4. The van der Waals surface area contributed by atoms with Crippen molar-refractivity contribution in [2.24, 2.45) is 0 Å². The number of aliphatic hydroxyl groups excluding tert-OH is 1. The molecule has 0 aliphatic rings. The van der Waals surface area contributed by atoms with Crippen LogP contribution in [-0.2, 0) is 0 Å². The van der Waals surface area contributed by atoms with Gasteiger partial charge in [-0.25, -0.2) is 0 Å². The summed E-state index contributed by atoms with van der Waals surface area (Å²) in [4.78, 5) is 21.8. The van der Waals surface area contributed by atoms with Crippen LogP contribution in [0.3, 0.4) is 0 Å². The third kappa shape index (κ3) is 4.50. The number of nitro groups is 1. The van der Waals surface area contributed by atoms with E-state index in [0.717, 1.165) is 12.5 Å². The number of hydrogen-bond acceptors (Lipinski definition) is 4. The molecule has 1 atom stereocenters. The number of rotatable bonds is 6. The first-order valence-corrected chi connectivity index (χ1v) is 6.23. The summed E-state index contributed by atoms with van der Waals surface area (Å²) in [5, 5.41) is 22.7. The summed E-state index contributed by atoms with van der Waals surface area (Å²) in [6.45, 7) is 2.04. The summed E-state index contributed by atoms with van der Waals surface area (Å²) >= 11 is 5.65. The Morgan fingerprint density at radius 3 is 2.84 bits per heavy atom. The first-order valence-electron chi connectivity index (χ1n) is 5.86. The Bertz CT molecular complexity index is 479. The number of halogens is 1. The first kappa shape index (κ1) is 15.4. The number of benzene rings is 1. The van der Waals surface area contributed by atoms with Gasteiger partial charge >= 0.3 is 0 Å². The minimum absolute atomic E-state index is 0.0208. The second-order valence-corrected chi connectivity index (χ2v) is 4.48. The Balaban J connectivity index is 2.72. The van der Waals surface area contributed by atoms with Crippen molar-refractivity contribution in [2.75, 3.05) is 6.54 Å². The lowest BCUT2D eigenvalue weighted by atomic mass is 10.1. The predicted molar refractivity (Wildman–Crippen MR) is 71.4 cm³/mol. The van der Waals surface area contributed by atoms with Gasteiger partial charge in [0.15, 0.2) is 0 Å². The maximum absolute atomic E-state index is 11.8. The van der Waals surface area contributed by atoms with Gasteiger partial charge in [0, 0.05) is 18.2 Å². The largest absolute Gasteiger partial charge is 0.391 e. The van der Waals surface area contributed by atoms with E-state index >= 15 is 0 Å². The van der Waals surface area contributed by atoms with Crippen molar-refractivity contribution in [1.29, 1.82) is 0 Å². The lowest BCUT2D eigenvalue weighted by Gasteiger charge is -2.10. The van der Waals surface area contributed by atoms with E-state index in [-0.39, 0.29) is 22.8 Å². The number of nitrogens with one attached hydrogen (secondary N) is 1. The highest BCUT2D eigenvalue weighted by Crippen LogP contribution is 2.24. The molecule has 1 aromatic carbocycles. The zero-order valence-corrected chi connectivity index (χ0v) is 11.2. The topological polar surface area (TPSA) is 92.5 Å². The van der Waals surface area contributed by atoms with Crippen LogP contribution in [0, 0.1) is 10.1 Å². The van der Waals surface area contributed by atoms with Crippen LogP contribution in [0.4, 0.5) is 5.69 Å². The van der Waals surface area contributed by atoms with Gasteiger partial charge < -0.3 is 10.4 Å². The van der Waals surface area contributed by atoms with Gasteiger partial charge in [0.25, 0.3) is 11.6 Å². The highest BCUT2D eigenvalue weighted by Gasteiger charge is 2.16. The van der Waals surface area contributed by atoms with Crippen molar-refractivity contribution in [2.45, 2.75) is 25.9 Å². The molecular weight excluding hydrogens is 272 g/mol. The standard InChI is InChI=1S/C12H15ClN2O4/c1-2-3-9(16)7-14-12(17)8-4-5-10(13)11(6-8)15(18)19/h4-6,9,16H,2-3,7H2,1H3,(H,14,17). The van der Waals surface area contributed by atoms with E-state index in [2.05, 4.69) is 5.32 Å². The molecule has 19 heavy (non-hydrogen) atoms. The molecule has 0 heterocycles. The lowest BCUT2D eigenvalue weighted by molar-refractivity contribution is -0.384. The van der Waals surface area contributed by atoms with E-state index in [1.54, 1.807) is 0 Å². The molecule has 6 nitrogen and oxygen atoms in total. The Morgan fingerprint density at radius 1 is 1.58 bits per heavy atom. The highest BCUT2D eigenvalue weighted by molar-refractivity contribution is 6.32. The third-order valence-corrected chi connectivity index (χ3v) is 2.84. The number of carbonyl (C=O) groups is 1. The fourth-order valence-electron chi connectivity index (χ4n) is 1.54. The fourth-order valence-corrected chi connectivity index (χ4v) is 1.73. The van der Waals surface area contributed by atoms with Crippen molar-refractivity contribution in [1.82, 2.24) is 5.32 Å². The van der Waals surface area contributed by atoms with Gasteiger partial charge in [-0.1, -0.05) is 24.9 Å². The molecule has 1 aromatic rings. The molecule has 0 spiro atoms. The van der Waals surface area contributed by atoms with Crippen molar-refractivity contribution in [3.63, 3.8) is 0 Å². The third-order valence-electron chi connectivity index (χ3n) is 2.53. The number of amides is 1. The molecule has 0 aliphatic carbocycles. The van der Waals surface area contributed by atoms with Crippen LogP contribution in [0.1, 0.15) is 30.1 Å². The summed E-state index contributed by atoms with van der Waals surface area (Å²) in [5.41, 5.74) is -0.178. The van der Waals surface area contributed by atoms with E-state index in [0.29, 0.717) is 6.42 Å². The SMILES string of the molecule is CCCC(O)CNC(=O)c1ccc(Cl)c([N+](=O)[O-])c1. The number of aliphatic hydroxyl groups is 1. The number of hydrogen-bond donors (Lipinski definition) is 2. The zero-order valence-electron chi connectivity index (χ0n) is 10.4. The minimum atomic E-state index is -0.648. The van der Waals surface area contributed by atoms with Crippen LogP contribution in [0.25, 0.3) is 0 Å². The van der Waals surface area contributed by atoms with Crippen LogP contribution in [0.5, 0.6) is 0 Å². The maximum Gasteiger partial charge on any atom is 0.288 e. The van der Waals surface area contributed by atoms with Gasteiger partial charge in [0.2, 0.25) is 0 Å². The molecule has 104 valence electrons. The van der Waals surface area contributed by atoms with Crippen molar-refractivity contribution >= 4 is 23.2 Å². The predicted octanol–water partition coefficient (Wildman–Crippen LogP) is 2.14. The van der Waals surface area contributed by atoms with Crippen LogP contribution >= 0.6 is 11.6 Å². The van der Waals surface area contributed by atoms with Crippen LogP contribution in [0.2, 0.25) is 5.02 Å². The van der Waals surface area contributed by atoms with Gasteiger partial charge in [-0.3, -0.25) is 14.9 Å². The lowest BCUT2D eigenvalue weighted by Crippen LogP contribution is -2.32. The molecular formula is C12H15ClN2O4. The van der Waals surface area contributed by atoms with Gasteiger partial charge in [-0.2, -0.15) is 0 Å². The van der Waals surface area contributed by atoms with Crippen molar-refractivity contribution in [3.8, 4) is 0 Å². The molecule has 0 aliphatic heterocycles. The van der Waals surface area contributed by atoms with Crippen LogP contribution < -0.4 is 5.32 Å². The average molecular weight is 287 g/mol. The number of nitro benzene ring substituents is 1. The van der Waals surface area contributed by atoms with E-state index in [9.17, 15) is 20.0 Å². The highest BCUT2D eigenvalue weighted by atomic mass is 35.5. The van der Waals surface area contributed by atoms with E-state index in [4.69, 9.17) is 11.6 Å². The average Bonchev–Trinajstić information content (AvgIpc) is 2.36. The fraction of sp³-hybridized carbons (Fsp3) is 0.417. The maximum atomic E-state index is 11.8. The molecule has 1 unspecified atom stereocenters. The molecule has 2 N–H and O–H groups in total. The summed E-state index contributed by atoms with van der Waals surface area (Å²) in [5.74, 6) is -0.477. The Labute approximate surface area is 115 Å². The molecule has 0 saturated heterocycles. The molecule has 0 saturated carbocycles. The molecule has 0 bridgehead atoms. The Morgan fingerprint density at radius 2 is 2.26 bits per heavy atom. The first-order chi connectivity index (χ1) is 8.95. The second kappa shape index (κ2) is 7.06. The van der Waals surface area contributed by atoms with E-state index in [1.807, 2.05) is 6.92 Å². The molecule has 0 radical (unpaired) electrons. The van der Waals surface area contributed by atoms with Gasteiger partial charge in [0.1, 0.15) is 5.02 Å². The Hall–Kier alpha value is -1.66. The minimum Gasteiger partial charge on any atom is -0.391 e.